The zero-order chi connectivity index (χ0) is 16.0. The molecule has 1 aromatic carbocycles. The number of rotatable bonds is 8. The smallest absolute Gasteiger partial charge is 0.120 e. The van der Waals surface area contributed by atoms with E-state index < -0.39 is 0 Å². The second-order valence-corrected chi connectivity index (χ2v) is 7.13. The Hall–Kier alpha value is -1.02. The second-order valence-electron chi connectivity index (χ2n) is 7.13. The van der Waals surface area contributed by atoms with E-state index in [-0.39, 0.29) is 6.10 Å². The summed E-state index contributed by atoms with van der Waals surface area (Å²) in [5, 5.41) is 3.51. The Morgan fingerprint density at radius 1 is 1.00 bits per heavy atom. The Morgan fingerprint density at radius 2 is 1.67 bits per heavy atom. The van der Waals surface area contributed by atoms with Crippen LogP contribution in [0, 0.1) is 18.8 Å². The van der Waals surface area contributed by atoms with Gasteiger partial charge >= 0.3 is 0 Å². The van der Waals surface area contributed by atoms with E-state index >= 15 is 0 Å². The summed E-state index contributed by atoms with van der Waals surface area (Å²) in [6, 6.07) is 6.49. The Bertz CT molecular complexity index is 424. The first-order chi connectivity index (χ1) is 9.81. The third kappa shape index (κ3) is 6.09. The molecule has 120 valence electrons. The first-order valence-corrected chi connectivity index (χ1v) is 8.29. The predicted molar refractivity (Wildman–Crippen MR) is 92.2 cm³/mol. The van der Waals surface area contributed by atoms with Crippen LogP contribution in [0.1, 0.15) is 58.6 Å². The minimum absolute atomic E-state index is 0.216. The molecule has 2 nitrogen and oxygen atoms in total. The number of hydrogen-bond acceptors (Lipinski definition) is 2. The molecule has 0 aliphatic heterocycles. The highest BCUT2D eigenvalue weighted by Crippen LogP contribution is 2.24. The summed E-state index contributed by atoms with van der Waals surface area (Å²) in [5.74, 6) is 2.72. The molecule has 0 fully saturated rings. The molecule has 1 N–H and O–H groups in total. The molecular formula is C19H33NO. The molecule has 1 atom stereocenters. The van der Waals surface area contributed by atoms with Crippen molar-refractivity contribution in [2.75, 3.05) is 13.1 Å². The highest BCUT2D eigenvalue weighted by Gasteiger charge is 2.16. The summed E-state index contributed by atoms with van der Waals surface area (Å²) in [4.78, 5) is 0. The maximum Gasteiger partial charge on any atom is 0.120 e. The van der Waals surface area contributed by atoms with Crippen molar-refractivity contribution in [3.63, 3.8) is 0 Å². The standard InChI is InChI=1S/C19H33NO/c1-13(2)11-20-12-19(15(5)6)21-17-8-9-18(14(3)4)16(7)10-17/h8-10,13-15,19-20H,11-12H2,1-7H3. The molecule has 1 aromatic rings. The Balaban J connectivity index is 2.68. The molecular weight excluding hydrogens is 258 g/mol. The molecule has 0 aliphatic rings. The highest BCUT2D eigenvalue weighted by molar-refractivity contribution is 5.36. The fraction of sp³-hybridized carbons (Fsp3) is 0.684. The Morgan fingerprint density at radius 3 is 2.14 bits per heavy atom. The third-order valence-electron chi connectivity index (χ3n) is 3.79. The molecule has 0 amide bonds. The summed E-state index contributed by atoms with van der Waals surface area (Å²) in [7, 11) is 0. The van der Waals surface area contributed by atoms with Crippen LogP contribution < -0.4 is 10.1 Å². The number of nitrogens with one attached hydrogen (secondary N) is 1. The fourth-order valence-electron chi connectivity index (χ4n) is 2.47. The van der Waals surface area contributed by atoms with Gasteiger partial charge in [0.2, 0.25) is 0 Å². The number of hydrogen-bond donors (Lipinski definition) is 1. The van der Waals surface area contributed by atoms with E-state index in [1.165, 1.54) is 11.1 Å². The van der Waals surface area contributed by atoms with Crippen molar-refractivity contribution in [3.05, 3.63) is 29.3 Å². The van der Waals surface area contributed by atoms with Crippen molar-refractivity contribution in [2.24, 2.45) is 11.8 Å². The molecule has 0 bridgehead atoms. The average Bonchev–Trinajstić information content (AvgIpc) is 2.36. The van der Waals surface area contributed by atoms with E-state index in [1.54, 1.807) is 0 Å². The lowest BCUT2D eigenvalue weighted by molar-refractivity contribution is 0.148. The van der Waals surface area contributed by atoms with E-state index in [0.29, 0.717) is 17.8 Å². The van der Waals surface area contributed by atoms with Crippen LogP contribution in [0.25, 0.3) is 0 Å². The van der Waals surface area contributed by atoms with Gasteiger partial charge in [0.1, 0.15) is 11.9 Å². The topological polar surface area (TPSA) is 21.3 Å². The second kappa shape index (κ2) is 8.43. The van der Waals surface area contributed by atoms with Crippen molar-refractivity contribution < 1.29 is 4.74 Å². The van der Waals surface area contributed by atoms with Crippen LogP contribution >= 0.6 is 0 Å². The molecule has 0 radical (unpaired) electrons. The van der Waals surface area contributed by atoms with Crippen LogP contribution in [0.15, 0.2) is 18.2 Å². The minimum Gasteiger partial charge on any atom is -0.489 e. The third-order valence-corrected chi connectivity index (χ3v) is 3.79. The normalized spacial score (nSPS) is 13.2. The van der Waals surface area contributed by atoms with E-state index in [0.717, 1.165) is 18.8 Å². The maximum absolute atomic E-state index is 6.21. The summed E-state index contributed by atoms with van der Waals surface area (Å²) in [6.07, 6.45) is 0.216. The zero-order valence-electron chi connectivity index (χ0n) is 14.9. The van der Waals surface area contributed by atoms with Gasteiger partial charge in [-0.15, -0.1) is 0 Å². The van der Waals surface area contributed by atoms with Crippen LogP contribution in [0.5, 0.6) is 5.75 Å². The number of ether oxygens (including phenoxy) is 1. The monoisotopic (exact) mass is 291 g/mol. The van der Waals surface area contributed by atoms with Crippen LogP contribution in [-0.4, -0.2) is 19.2 Å². The van der Waals surface area contributed by atoms with E-state index in [4.69, 9.17) is 4.74 Å². The first-order valence-electron chi connectivity index (χ1n) is 8.29. The van der Waals surface area contributed by atoms with Crippen LogP contribution in [0.2, 0.25) is 0 Å². The van der Waals surface area contributed by atoms with Crippen LogP contribution in [0.3, 0.4) is 0 Å². The van der Waals surface area contributed by atoms with Gasteiger partial charge in [0, 0.05) is 6.54 Å². The van der Waals surface area contributed by atoms with Crippen molar-refractivity contribution in [2.45, 2.75) is 60.5 Å². The maximum atomic E-state index is 6.21. The molecule has 0 saturated carbocycles. The fourth-order valence-corrected chi connectivity index (χ4v) is 2.47. The molecule has 0 spiro atoms. The molecule has 1 unspecified atom stereocenters. The average molecular weight is 291 g/mol. The van der Waals surface area contributed by atoms with Gasteiger partial charge in [-0.25, -0.2) is 0 Å². The Kier molecular flexibility index (Phi) is 7.24. The minimum atomic E-state index is 0.216. The van der Waals surface area contributed by atoms with Crippen molar-refractivity contribution in [3.8, 4) is 5.75 Å². The van der Waals surface area contributed by atoms with Gasteiger partial charge in [0.15, 0.2) is 0 Å². The zero-order valence-corrected chi connectivity index (χ0v) is 14.9. The van der Waals surface area contributed by atoms with Gasteiger partial charge in [0.05, 0.1) is 0 Å². The van der Waals surface area contributed by atoms with Gasteiger partial charge in [-0.3, -0.25) is 0 Å². The van der Waals surface area contributed by atoms with Gasteiger partial charge in [-0.05, 0) is 54.5 Å². The lowest BCUT2D eigenvalue weighted by Crippen LogP contribution is -2.36. The summed E-state index contributed by atoms with van der Waals surface area (Å²) < 4.78 is 6.21. The van der Waals surface area contributed by atoms with Crippen molar-refractivity contribution >= 4 is 0 Å². The van der Waals surface area contributed by atoms with E-state index in [2.05, 4.69) is 72.0 Å². The molecule has 0 aromatic heterocycles. The summed E-state index contributed by atoms with van der Waals surface area (Å²) >= 11 is 0. The van der Waals surface area contributed by atoms with Crippen LogP contribution in [-0.2, 0) is 0 Å². The predicted octanol–water partition coefficient (Wildman–Crippen LogP) is 4.77. The van der Waals surface area contributed by atoms with Crippen LogP contribution in [0.4, 0.5) is 0 Å². The van der Waals surface area contributed by atoms with Gasteiger partial charge in [-0.1, -0.05) is 47.6 Å². The number of benzene rings is 1. The Labute approximate surface area is 131 Å². The van der Waals surface area contributed by atoms with Gasteiger partial charge in [0.25, 0.3) is 0 Å². The number of aryl methyl sites for hydroxylation is 1. The molecule has 21 heavy (non-hydrogen) atoms. The summed E-state index contributed by atoms with van der Waals surface area (Å²) in [6.45, 7) is 17.5. The lowest BCUT2D eigenvalue weighted by Gasteiger charge is -2.24. The van der Waals surface area contributed by atoms with Gasteiger partial charge < -0.3 is 10.1 Å². The highest BCUT2D eigenvalue weighted by atomic mass is 16.5. The molecule has 0 saturated heterocycles. The first kappa shape index (κ1) is 18.0. The summed E-state index contributed by atoms with van der Waals surface area (Å²) in [5.41, 5.74) is 2.72. The molecule has 2 heteroatoms. The van der Waals surface area contributed by atoms with Crippen molar-refractivity contribution in [1.82, 2.24) is 5.32 Å². The van der Waals surface area contributed by atoms with Gasteiger partial charge in [-0.2, -0.15) is 0 Å². The largest absolute Gasteiger partial charge is 0.489 e. The molecule has 0 heterocycles. The van der Waals surface area contributed by atoms with Crippen molar-refractivity contribution in [1.29, 1.82) is 0 Å². The molecule has 1 rings (SSSR count). The molecule has 0 aliphatic carbocycles. The van der Waals surface area contributed by atoms with E-state index in [1.807, 2.05) is 0 Å². The van der Waals surface area contributed by atoms with E-state index in [9.17, 15) is 0 Å². The lowest BCUT2D eigenvalue weighted by atomic mass is 9.98. The SMILES string of the molecule is Cc1cc(OC(CNCC(C)C)C(C)C)ccc1C(C)C. The quantitative estimate of drug-likeness (QED) is 0.745.